The average Bonchev–Trinajstić information content (AvgIpc) is 2.21. The molecule has 0 heterocycles. The zero-order chi connectivity index (χ0) is 14.3. The van der Waals surface area contributed by atoms with Gasteiger partial charge in [0.25, 0.3) is 0 Å². The van der Waals surface area contributed by atoms with Crippen LogP contribution in [-0.4, -0.2) is 38.5 Å². The highest BCUT2D eigenvalue weighted by atomic mass is 32.2. The lowest BCUT2D eigenvalue weighted by molar-refractivity contribution is 0.233. The van der Waals surface area contributed by atoms with Crippen LogP contribution in [0.1, 0.15) is 27.2 Å². The quantitative estimate of drug-likeness (QED) is 0.702. The molecule has 104 valence electrons. The van der Waals surface area contributed by atoms with Crippen molar-refractivity contribution in [3.8, 4) is 12.3 Å². The molecule has 5 nitrogen and oxygen atoms in total. The van der Waals surface area contributed by atoms with Gasteiger partial charge in [0.15, 0.2) is 0 Å². The van der Waals surface area contributed by atoms with Crippen LogP contribution in [0.25, 0.3) is 0 Å². The van der Waals surface area contributed by atoms with Crippen molar-refractivity contribution in [1.29, 1.82) is 0 Å². The summed E-state index contributed by atoms with van der Waals surface area (Å²) in [5.41, 5.74) is 0. The molecular formula is C12H22N2O3S. The largest absolute Gasteiger partial charge is 0.336 e. The van der Waals surface area contributed by atoms with E-state index in [-0.39, 0.29) is 29.8 Å². The lowest BCUT2D eigenvalue weighted by Crippen LogP contribution is -2.47. The minimum absolute atomic E-state index is 0.0528. The number of carbonyl (C=O) groups is 1. The van der Waals surface area contributed by atoms with Crippen molar-refractivity contribution in [2.24, 2.45) is 5.92 Å². The first-order chi connectivity index (χ1) is 8.15. The SMILES string of the molecule is C#C[C@H](NC(=O)N[C@H](C)CCS(C)(=O)=O)C(C)C. The number of terminal acetylenes is 1. The first kappa shape index (κ1) is 16.8. The highest BCUT2D eigenvalue weighted by Crippen LogP contribution is 2.00. The fourth-order valence-electron chi connectivity index (χ4n) is 1.27. The van der Waals surface area contributed by atoms with Crippen LogP contribution >= 0.6 is 0 Å². The highest BCUT2D eigenvalue weighted by molar-refractivity contribution is 7.90. The van der Waals surface area contributed by atoms with Crippen molar-refractivity contribution >= 4 is 15.9 Å². The van der Waals surface area contributed by atoms with Crippen molar-refractivity contribution in [2.75, 3.05) is 12.0 Å². The van der Waals surface area contributed by atoms with Gasteiger partial charge in [-0.05, 0) is 19.3 Å². The molecule has 0 aromatic carbocycles. The van der Waals surface area contributed by atoms with Gasteiger partial charge in [-0.15, -0.1) is 6.42 Å². The van der Waals surface area contributed by atoms with Crippen molar-refractivity contribution in [3.63, 3.8) is 0 Å². The van der Waals surface area contributed by atoms with Gasteiger partial charge in [-0.3, -0.25) is 0 Å². The molecule has 2 N–H and O–H groups in total. The summed E-state index contributed by atoms with van der Waals surface area (Å²) in [6.45, 7) is 5.58. The Labute approximate surface area is 110 Å². The molecule has 0 radical (unpaired) electrons. The van der Waals surface area contributed by atoms with Gasteiger partial charge in [-0.1, -0.05) is 19.8 Å². The lowest BCUT2D eigenvalue weighted by atomic mass is 10.1. The van der Waals surface area contributed by atoms with E-state index in [1.165, 1.54) is 6.26 Å². The third-order valence-electron chi connectivity index (χ3n) is 2.43. The number of sulfone groups is 1. The van der Waals surface area contributed by atoms with E-state index in [4.69, 9.17) is 6.42 Å². The number of nitrogens with one attached hydrogen (secondary N) is 2. The van der Waals surface area contributed by atoms with Crippen LogP contribution in [0.2, 0.25) is 0 Å². The van der Waals surface area contributed by atoms with Crippen molar-refractivity contribution in [2.45, 2.75) is 39.3 Å². The fourth-order valence-corrected chi connectivity index (χ4v) is 2.05. The molecule has 2 atom stereocenters. The third kappa shape index (κ3) is 7.96. The summed E-state index contributed by atoms with van der Waals surface area (Å²) in [4.78, 5) is 11.6. The van der Waals surface area contributed by atoms with Gasteiger partial charge in [0.1, 0.15) is 9.84 Å². The topological polar surface area (TPSA) is 75.3 Å². The first-order valence-corrected chi connectivity index (χ1v) is 7.92. The molecule has 2 amide bonds. The molecule has 0 aromatic rings. The number of hydrogen-bond acceptors (Lipinski definition) is 3. The van der Waals surface area contributed by atoms with Gasteiger partial charge in [-0.25, -0.2) is 13.2 Å². The number of carbonyl (C=O) groups excluding carboxylic acids is 1. The maximum absolute atomic E-state index is 11.6. The van der Waals surface area contributed by atoms with E-state index < -0.39 is 9.84 Å². The van der Waals surface area contributed by atoms with Gasteiger partial charge in [0.2, 0.25) is 0 Å². The summed E-state index contributed by atoms with van der Waals surface area (Å²) in [5.74, 6) is 2.69. The van der Waals surface area contributed by atoms with Crippen LogP contribution in [0.3, 0.4) is 0 Å². The molecule has 18 heavy (non-hydrogen) atoms. The molecule has 0 saturated heterocycles. The van der Waals surface area contributed by atoms with E-state index in [1.807, 2.05) is 13.8 Å². The Morgan fingerprint density at radius 1 is 1.28 bits per heavy atom. The van der Waals surface area contributed by atoms with Crippen molar-refractivity contribution in [1.82, 2.24) is 10.6 Å². The minimum atomic E-state index is -3.00. The number of hydrogen-bond donors (Lipinski definition) is 2. The van der Waals surface area contributed by atoms with Crippen LogP contribution in [0, 0.1) is 18.3 Å². The molecule has 0 aromatic heterocycles. The Hall–Kier alpha value is -1.22. The maximum Gasteiger partial charge on any atom is 0.315 e. The van der Waals surface area contributed by atoms with E-state index in [0.29, 0.717) is 6.42 Å². The summed E-state index contributed by atoms with van der Waals surface area (Å²) in [6, 6.07) is -0.912. The fraction of sp³-hybridized carbons (Fsp3) is 0.750. The predicted octanol–water partition coefficient (Wildman–Crippen LogP) is 0.767. The van der Waals surface area contributed by atoms with E-state index in [2.05, 4.69) is 16.6 Å². The van der Waals surface area contributed by atoms with Crippen LogP contribution in [0.5, 0.6) is 0 Å². The zero-order valence-corrected chi connectivity index (χ0v) is 12.2. The number of urea groups is 1. The molecule has 0 unspecified atom stereocenters. The van der Waals surface area contributed by atoms with Gasteiger partial charge < -0.3 is 10.6 Å². The molecule has 0 aliphatic carbocycles. The second-order valence-corrected chi connectivity index (χ2v) is 7.09. The standard InChI is InChI=1S/C12H22N2O3S/c1-6-11(9(2)3)14-12(15)13-10(4)7-8-18(5,16)17/h1,9-11H,7-8H2,2-5H3,(H2,13,14,15)/t10-,11+/m1/s1. The Bertz CT molecular complexity index is 410. The van der Waals surface area contributed by atoms with E-state index in [9.17, 15) is 13.2 Å². The van der Waals surface area contributed by atoms with E-state index >= 15 is 0 Å². The average molecular weight is 274 g/mol. The Balaban J connectivity index is 4.13. The number of amides is 2. The molecule has 0 rings (SSSR count). The van der Waals surface area contributed by atoms with E-state index in [0.717, 1.165) is 0 Å². The van der Waals surface area contributed by atoms with Crippen LogP contribution in [0.15, 0.2) is 0 Å². The smallest absolute Gasteiger partial charge is 0.315 e. The molecule has 6 heteroatoms. The second kappa shape index (κ2) is 7.27. The molecule has 0 aliphatic rings. The summed E-state index contributed by atoms with van der Waals surface area (Å²) in [6.07, 6.45) is 6.85. The lowest BCUT2D eigenvalue weighted by Gasteiger charge is -2.19. The van der Waals surface area contributed by atoms with Crippen LogP contribution < -0.4 is 10.6 Å². The zero-order valence-electron chi connectivity index (χ0n) is 11.4. The molecule has 0 saturated carbocycles. The molecular weight excluding hydrogens is 252 g/mol. The Kier molecular flexibility index (Phi) is 6.77. The minimum Gasteiger partial charge on any atom is -0.336 e. The normalized spacial score (nSPS) is 14.7. The van der Waals surface area contributed by atoms with E-state index in [1.54, 1.807) is 6.92 Å². The van der Waals surface area contributed by atoms with Gasteiger partial charge in [-0.2, -0.15) is 0 Å². The van der Waals surface area contributed by atoms with Gasteiger partial charge >= 0.3 is 6.03 Å². The molecule has 0 spiro atoms. The highest BCUT2D eigenvalue weighted by Gasteiger charge is 2.15. The van der Waals surface area contributed by atoms with Gasteiger partial charge in [0, 0.05) is 12.3 Å². The molecule has 0 bridgehead atoms. The molecule has 0 aliphatic heterocycles. The van der Waals surface area contributed by atoms with Gasteiger partial charge in [0.05, 0.1) is 11.8 Å². The summed E-state index contributed by atoms with van der Waals surface area (Å²) in [7, 11) is -3.00. The van der Waals surface area contributed by atoms with Crippen molar-refractivity contribution in [3.05, 3.63) is 0 Å². The molecule has 0 fully saturated rings. The predicted molar refractivity (Wildman–Crippen MR) is 72.9 cm³/mol. The van der Waals surface area contributed by atoms with Crippen LogP contribution in [-0.2, 0) is 9.84 Å². The monoisotopic (exact) mass is 274 g/mol. The van der Waals surface area contributed by atoms with Crippen LogP contribution in [0.4, 0.5) is 4.79 Å². The number of rotatable bonds is 6. The summed E-state index contributed by atoms with van der Waals surface area (Å²) in [5, 5.41) is 5.32. The maximum atomic E-state index is 11.6. The van der Waals surface area contributed by atoms with Crippen molar-refractivity contribution < 1.29 is 13.2 Å². The Morgan fingerprint density at radius 3 is 2.22 bits per heavy atom. The Morgan fingerprint density at radius 2 is 1.83 bits per heavy atom. The third-order valence-corrected chi connectivity index (χ3v) is 3.41. The summed E-state index contributed by atoms with van der Waals surface area (Å²) >= 11 is 0. The first-order valence-electron chi connectivity index (χ1n) is 5.86. The second-order valence-electron chi connectivity index (χ2n) is 4.83. The summed E-state index contributed by atoms with van der Waals surface area (Å²) < 4.78 is 22.0.